The van der Waals surface area contributed by atoms with Crippen molar-refractivity contribution >= 4 is 22.4 Å². The number of aromatic nitrogens is 1. The van der Waals surface area contributed by atoms with E-state index in [1.54, 1.807) is 11.3 Å². The van der Waals surface area contributed by atoms with Gasteiger partial charge in [0, 0.05) is 23.5 Å². The van der Waals surface area contributed by atoms with Crippen LogP contribution >= 0.6 is 11.3 Å². The van der Waals surface area contributed by atoms with Gasteiger partial charge in [0.25, 0.3) is 5.91 Å². The Labute approximate surface area is 127 Å². The summed E-state index contributed by atoms with van der Waals surface area (Å²) in [4.78, 5) is 18.3. The molecule has 0 atom stereocenters. The first-order valence-corrected chi connectivity index (χ1v) is 8.24. The average Bonchev–Trinajstić information content (AvgIpc) is 3.11. The molecule has 2 aliphatic rings. The Balaban J connectivity index is 1.54. The van der Waals surface area contributed by atoms with E-state index < -0.39 is 0 Å². The van der Waals surface area contributed by atoms with Gasteiger partial charge in [-0.05, 0) is 48.9 Å². The first-order chi connectivity index (χ1) is 10.3. The standard InChI is InChI=1S/C16H17N3OS/c20-15(10-5-6-11-8-17-9-12(11)7-10)19-16-18-13-3-1-2-4-14(13)21-16/h5-7,17H,1-4,8-9H2,(H,18,19,20). The van der Waals surface area contributed by atoms with E-state index in [4.69, 9.17) is 0 Å². The van der Waals surface area contributed by atoms with Gasteiger partial charge in [0.2, 0.25) is 0 Å². The molecule has 2 heterocycles. The number of carbonyl (C=O) groups excluding carboxylic acids is 1. The molecule has 0 fully saturated rings. The molecule has 108 valence electrons. The lowest BCUT2D eigenvalue weighted by molar-refractivity contribution is 0.102. The number of anilines is 1. The van der Waals surface area contributed by atoms with Crippen molar-refractivity contribution in [2.75, 3.05) is 5.32 Å². The number of rotatable bonds is 2. The number of nitrogens with one attached hydrogen (secondary N) is 2. The molecule has 1 aliphatic carbocycles. The molecule has 0 bridgehead atoms. The summed E-state index contributed by atoms with van der Waals surface area (Å²) in [5, 5.41) is 6.99. The van der Waals surface area contributed by atoms with E-state index >= 15 is 0 Å². The Morgan fingerprint density at radius 3 is 2.95 bits per heavy atom. The molecule has 1 amide bonds. The molecule has 0 saturated carbocycles. The average molecular weight is 299 g/mol. The highest BCUT2D eigenvalue weighted by molar-refractivity contribution is 7.15. The third-order valence-corrected chi connectivity index (χ3v) is 5.24. The number of thiazole rings is 1. The van der Waals surface area contributed by atoms with Gasteiger partial charge in [-0.2, -0.15) is 0 Å². The molecular formula is C16H17N3OS. The third kappa shape index (κ3) is 2.47. The molecule has 5 heteroatoms. The number of hydrogen-bond donors (Lipinski definition) is 2. The number of aryl methyl sites for hydroxylation is 2. The third-order valence-electron chi connectivity index (χ3n) is 4.17. The van der Waals surface area contributed by atoms with Crippen LogP contribution in [0, 0.1) is 0 Å². The number of nitrogens with zero attached hydrogens (tertiary/aromatic N) is 1. The molecule has 4 rings (SSSR count). The molecule has 21 heavy (non-hydrogen) atoms. The van der Waals surface area contributed by atoms with Gasteiger partial charge in [-0.1, -0.05) is 6.07 Å². The van der Waals surface area contributed by atoms with Crippen molar-refractivity contribution in [2.45, 2.75) is 38.8 Å². The first-order valence-electron chi connectivity index (χ1n) is 7.42. The van der Waals surface area contributed by atoms with Crippen LogP contribution in [-0.4, -0.2) is 10.9 Å². The van der Waals surface area contributed by atoms with Crippen molar-refractivity contribution in [1.29, 1.82) is 0 Å². The van der Waals surface area contributed by atoms with E-state index in [1.165, 1.54) is 34.5 Å². The van der Waals surface area contributed by atoms with Crippen molar-refractivity contribution < 1.29 is 4.79 Å². The van der Waals surface area contributed by atoms with Crippen LogP contribution in [0.4, 0.5) is 5.13 Å². The monoisotopic (exact) mass is 299 g/mol. The Bertz CT molecular complexity index is 684. The smallest absolute Gasteiger partial charge is 0.257 e. The molecule has 0 radical (unpaired) electrons. The summed E-state index contributed by atoms with van der Waals surface area (Å²) in [5.41, 5.74) is 4.41. The highest BCUT2D eigenvalue weighted by Crippen LogP contribution is 2.29. The predicted molar refractivity (Wildman–Crippen MR) is 83.7 cm³/mol. The fourth-order valence-corrected chi connectivity index (χ4v) is 4.06. The van der Waals surface area contributed by atoms with Gasteiger partial charge >= 0.3 is 0 Å². The molecule has 4 nitrogen and oxygen atoms in total. The molecule has 1 aromatic carbocycles. The van der Waals surface area contributed by atoms with E-state index in [9.17, 15) is 4.79 Å². The van der Waals surface area contributed by atoms with E-state index in [0.29, 0.717) is 5.56 Å². The van der Waals surface area contributed by atoms with Gasteiger partial charge in [0.05, 0.1) is 5.69 Å². The zero-order valence-electron chi connectivity index (χ0n) is 11.7. The van der Waals surface area contributed by atoms with Crippen molar-refractivity contribution in [1.82, 2.24) is 10.3 Å². The predicted octanol–water partition coefficient (Wildman–Crippen LogP) is 2.88. The van der Waals surface area contributed by atoms with Gasteiger partial charge < -0.3 is 5.32 Å². The molecular weight excluding hydrogens is 282 g/mol. The van der Waals surface area contributed by atoms with Crippen molar-refractivity contribution in [3.63, 3.8) is 0 Å². The highest BCUT2D eigenvalue weighted by atomic mass is 32.1. The van der Waals surface area contributed by atoms with E-state index in [0.717, 1.165) is 31.1 Å². The van der Waals surface area contributed by atoms with E-state index in [1.807, 2.05) is 18.2 Å². The molecule has 0 unspecified atom stereocenters. The lowest BCUT2D eigenvalue weighted by atomic mass is 10.0. The lowest BCUT2D eigenvalue weighted by Crippen LogP contribution is -2.12. The zero-order chi connectivity index (χ0) is 14.2. The molecule has 2 aromatic rings. The lowest BCUT2D eigenvalue weighted by Gasteiger charge is -2.06. The minimum Gasteiger partial charge on any atom is -0.309 e. The van der Waals surface area contributed by atoms with Gasteiger partial charge in [0.1, 0.15) is 0 Å². The topological polar surface area (TPSA) is 54.0 Å². The van der Waals surface area contributed by atoms with Crippen LogP contribution in [-0.2, 0) is 25.9 Å². The molecule has 1 aromatic heterocycles. The number of amides is 1. The minimum atomic E-state index is -0.0594. The summed E-state index contributed by atoms with van der Waals surface area (Å²) < 4.78 is 0. The van der Waals surface area contributed by atoms with Gasteiger partial charge in [-0.25, -0.2) is 4.98 Å². The second-order valence-corrected chi connectivity index (χ2v) is 6.72. The normalized spacial score (nSPS) is 16.4. The fourth-order valence-electron chi connectivity index (χ4n) is 3.01. The molecule has 2 N–H and O–H groups in total. The Morgan fingerprint density at radius 2 is 2.05 bits per heavy atom. The maximum atomic E-state index is 12.4. The second kappa shape index (κ2) is 5.24. The largest absolute Gasteiger partial charge is 0.309 e. The number of hydrogen-bond acceptors (Lipinski definition) is 4. The summed E-state index contributed by atoms with van der Waals surface area (Å²) in [6.45, 7) is 1.75. The summed E-state index contributed by atoms with van der Waals surface area (Å²) in [5.74, 6) is -0.0594. The van der Waals surface area contributed by atoms with Crippen LogP contribution in [0.5, 0.6) is 0 Å². The van der Waals surface area contributed by atoms with Crippen LogP contribution < -0.4 is 10.6 Å². The van der Waals surface area contributed by atoms with E-state index in [-0.39, 0.29) is 5.91 Å². The van der Waals surface area contributed by atoms with Crippen LogP contribution in [0.2, 0.25) is 0 Å². The quantitative estimate of drug-likeness (QED) is 0.896. The number of benzene rings is 1. The van der Waals surface area contributed by atoms with Crippen LogP contribution in [0.25, 0.3) is 0 Å². The maximum Gasteiger partial charge on any atom is 0.257 e. The second-order valence-electron chi connectivity index (χ2n) is 5.64. The maximum absolute atomic E-state index is 12.4. The summed E-state index contributed by atoms with van der Waals surface area (Å²) in [6.07, 6.45) is 4.60. The summed E-state index contributed by atoms with van der Waals surface area (Å²) >= 11 is 1.63. The number of carbonyl (C=O) groups is 1. The van der Waals surface area contributed by atoms with Crippen LogP contribution in [0.1, 0.15) is 44.9 Å². The molecule has 0 saturated heterocycles. The van der Waals surface area contributed by atoms with Crippen molar-refractivity contribution in [3.05, 3.63) is 45.5 Å². The van der Waals surface area contributed by atoms with Gasteiger partial charge in [0.15, 0.2) is 5.13 Å². The van der Waals surface area contributed by atoms with E-state index in [2.05, 4.69) is 15.6 Å². The SMILES string of the molecule is O=C(Nc1nc2c(s1)CCCC2)c1ccc2c(c1)CNC2. The Kier molecular flexibility index (Phi) is 3.24. The molecule has 1 aliphatic heterocycles. The minimum absolute atomic E-state index is 0.0594. The Hall–Kier alpha value is -1.72. The first kappa shape index (κ1) is 13.0. The van der Waals surface area contributed by atoms with Crippen molar-refractivity contribution in [3.8, 4) is 0 Å². The van der Waals surface area contributed by atoms with Crippen molar-refractivity contribution in [2.24, 2.45) is 0 Å². The Morgan fingerprint density at radius 1 is 1.19 bits per heavy atom. The van der Waals surface area contributed by atoms with Crippen LogP contribution in [0.3, 0.4) is 0 Å². The van der Waals surface area contributed by atoms with Crippen LogP contribution in [0.15, 0.2) is 18.2 Å². The van der Waals surface area contributed by atoms with Gasteiger partial charge in [-0.15, -0.1) is 11.3 Å². The number of fused-ring (bicyclic) bond motifs is 2. The molecule has 0 spiro atoms. The zero-order valence-corrected chi connectivity index (χ0v) is 12.6. The fraction of sp³-hybridized carbons (Fsp3) is 0.375. The summed E-state index contributed by atoms with van der Waals surface area (Å²) in [7, 11) is 0. The van der Waals surface area contributed by atoms with Gasteiger partial charge in [-0.3, -0.25) is 10.1 Å². The summed E-state index contributed by atoms with van der Waals surface area (Å²) in [6, 6.07) is 5.92. The highest BCUT2D eigenvalue weighted by Gasteiger charge is 2.18.